The van der Waals surface area contributed by atoms with E-state index in [9.17, 15) is 0 Å². The van der Waals surface area contributed by atoms with E-state index in [0.717, 1.165) is 24.7 Å². The highest BCUT2D eigenvalue weighted by molar-refractivity contribution is 5.38. The van der Waals surface area contributed by atoms with Crippen LogP contribution in [0.3, 0.4) is 0 Å². The van der Waals surface area contributed by atoms with E-state index < -0.39 is 0 Å². The van der Waals surface area contributed by atoms with E-state index in [1.165, 1.54) is 12.8 Å². The maximum absolute atomic E-state index is 4.79. The fourth-order valence-corrected chi connectivity index (χ4v) is 2.92. The van der Waals surface area contributed by atoms with Gasteiger partial charge in [0.1, 0.15) is 11.6 Å². The van der Waals surface area contributed by atoms with Gasteiger partial charge in [0, 0.05) is 36.3 Å². The lowest BCUT2D eigenvalue weighted by Gasteiger charge is -2.43. The summed E-state index contributed by atoms with van der Waals surface area (Å²) in [6.45, 7) is 15.5. The van der Waals surface area contributed by atoms with Gasteiger partial charge in [0.15, 0.2) is 0 Å². The first-order valence-electron chi connectivity index (χ1n) is 8.40. The van der Waals surface area contributed by atoms with Crippen LogP contribution in [0, 0.1) is 0 Å². The molecule has 0 saturated carbocycles. The quantitative estimate of drug-likeness (QED) is 0.837. The summed E-state index contributed by atoms with van der Waals surface area (Å²) in [7, 11) is 2.25. The van der Waals surface area contributed by atoms with Crippen LogP contribution in [0.2, 0.25) is 0 Å². The van der Waals surface area contributed by atoms with Crippen LogP contribution in [0.1, 0.15) is 60.2 Å². The Kier molecular flexibility index (Phi) is 4.81. The highest BCUT2D eigenvalue weighted by Gasteiger charge is 2.29. The molecule has 0 spiro atoms. The summed E-state index contributed by atoms with van der Waals surface area (Å²) in [5.74, 6) is 2.01. The molecule has 22 heavy (non-hydrogen) atoms. The number of hydrogen-bond donors (Lipinski definition) is 0. The summed E-state index contributed by atoms with van der Waals surface area (Å²) in [6.07, 6.45) is 4.29. The fourth-order valence-electron chi connectivity index (χ4n) is 2.92. The zero-order valence-corrected chi connectivity index (χ0v) is 15.3. The van der Waals surface area contributed by atoms with E-state index in [1.54, 1.807) is 0 Å². The second-order valence-corrected chi connectivity index (χ2v) is 8.49. The Morgan fingerprint density at radius 3 is 2.18 bits per heavy atom. The van der Waals surface area contributed by atoms with Crippen molar-refractivity contribution >= 4 is 5.82 Å². The molecule has 4 nitrogen and oxygen atoms in total. The molecular weight excluding hydrogens is 272 g/mol. The monoisotopic (exact) mass is 304 g/mol. The van der Waals surface area contributed by atoms with E-state index >= 15 is 0 Å². The smallest absolute Gasteiger partial charge is 0.135 e. The van der Waals surface area contributed by atoms with E-state index in [4.69, 9.17) is 4.98 Å². The van der Waals surface area contributed by atoms with Crippen molar-refractivity contribution in [2.45, 2.75) is 71.4 Å². The van der Waals surface area contributed by atoms with Crippen LogP contribution >= 0.6 is 0 Å². The van der Waals surface area contributed by atoms with Gasteiger partial charge in [-0.2, -0.15) is 0 Å². The number of hydrogen-bond acceptors (Lipinski definition) is 4. The van der Waals surface area contributed by atoms with Gasteiger partial charge in [-0.15, -0.1) is 0 Å². The normalized spacial score (nSPS) is 18.1. The fraction of sp³-hybridized carbons (Fsp3) is 0.778. The van der Waals surface area contributed by atoms with Crippen LogP contribution in [-0.4, -0.2) is 46.6 Å². The highest BCUT2D eigenvalue weighted by Crippen LogP contribution is 2.26. The molecule has 0 aromatic carbocycles. The van der Waals surface area contributed by atoms with Gasteiger partial charge in [0.2, 0.25) is 0 Å². The maximum atomic E-state index is 4.79. The van der Waals surface area contributed by atoms with Gasteiger partial charge in [-0.3, -0.25) is 4.90 Å². The highest BCUT2D eigenvalue weighted by atomic mass is 15.2. The van der Waals surface area contributed by atoms with Gasteiger partial charge in [-0.1, -0.05) is 20.8 Å². The first kappa shape index (κ1) is 17.2. The molecule has 0 N–H and O–H groups in total. The lowest BCUT2D eigenvalue weighted by atomic mass is 9.95. The topological polar surface area (TPSA) is 32.3 Å². The largest absolute Gasteiger partial charge is 0.356 e. The van der Waals surface area contributed by atoms with Gasteiger partial charge in [-0.25, -0.2) is 9.97 Å². The second-order valence-electron chi connectivity index (χ2n) is 8.49. The number of piperidine rings is 1. The third-order valence-electron chi connectivity index (χ3n) is 4.71. The van der Waals surface area contributed by atoms with E-state index in [1.807, 2.05) is 12.3 Å². The molecule has 1 aromatic heterocycles. The minimum Gasteiger partial charge on any atom is -0.356 e. The van der Waals surface area contributed by atoms with Crippen LogP contribution in [0.4, 0.5) is 5.82 Å². The molecule has 2 heterocycles. The summed E-state index contributed by atoms with van der Waals surface area (Å²) in [6, 6.07) is 2.71. The minimum atomic E-state index is 0.000778. The van der Waals surface area contributed by atoms with Crippen molar-refractivity contribution in [2.24, 2.45) is 0 Å². The minimum absolute atomic E-state index is 0.000778. The van der Waals surface area contributed by atoms with E-state index in [-0.39, 0.29) is 11.0 Å². The predicted octanol–water partition coefficient (Wildman–Crippen LogP) is 3.47. The molecule has 1 aliphatic rings. The summed E-state index contributed by atoms with van der Waals surface area (Å²) < 4.78 is 0. The van der Waals surface area contributed by atoms with Crippen molar-refractivity contribution in [2.75, 3.05) is 25.0 Å². The third kappa shape index (κ3) is 3.97. The average Bonchev–Trinajstić information content (AvgIpc) is 2.45. The first-order chi connectivity index (χ1) is 10.1. The molecule has 4 heteroatoms. The van der Waals surface area contributed by atoms with Crippen molar-refractivity contribution in [3.8, 4) is 0 Å². The number of nitrogens with zero attached hydrogens (tertiary/aromatic N) is 4. The molecule has 1 aliphatic heterocycles. The predicted molar refractivity (Wildman–Crippen MR) is 93.5 cm³/mol. The molecule has 0 aliphatic carbocycles. The van der Waals surface area contributed by atoms with Crippen LogP contribution < -0.4 is 4.90 Å². The summed E-state index contributed by atoms with van der Waals surface area (Å²) in [5, 5.41) is 0. The molecule has 0 atom stereocenters. The van der Waals surface area contributed by atoms with Crippen molar-refractivity contribution in [1.82, 2.24) is 14.9 Å². The standard InChI is InChI=1S/C18H32N4/c1-17(2,3)16-19-11-8-15(20-16)22-12-9-14(10-13-22)21(7)18(4,5)6/h8,11,14H,9-10,12-13H2,1-7H3. The SMILES string of the molecule is CN(C1CCN(c2ccnc(C(C)(C)C)n2)CC1)C(C)(C)C. The third-order valence-corrected chi connectivity index (χ3v) is 4.71. The summed E-state index contributed by atoms with van der Waals surface area (Å²) in [4.78, 5) is 14.1. The molecular formula is C18H32N4. The number of aromatic nitrogens is 2. The van der Waals surface area contributed by atoms with Gasteiger partial charge in [-0.05, 0) is 46.7 Å². The van der Waals surface area contributed by atoms with Gasteiger partial charge in [0.25, 0.3) is 0 Å². The van der Waals surface area contributed by atoms with Gasteiger partial charge >= 0.3 is 0 Å². The van der Waals surface area contributed by atoms with Crippen molar-refractivity contribution in [3.05, 3.63) is 18.1 Å². The lowest BCUT2D eigenvalue weighted by molar-refractivity contribution is 0.0995. The van der Waals surface area contributed by atoms with Crippen LogP contribution in [-0.2, 0) is 5.41 Å². The Balaban J connectivity index is 2.03. The lowest BCUT2D eigenvalue weighted by Crippen LogP contribution is -2.50. The summed E-state index contributed by atoms with van der Waals surface area (Å²) in [5.41, 5.74) is 0.238. The average molecular weight is 304 g/mol. The Morgan fingerprint density at radius 1 is 1.09 bits per heavy atom. The molecule has 0 unspecified atom stereocenters. The zero-order chi connectivity index (χ0) is 16.5. The Bertz CT molecular complexity index is 491. The molecule has 2 rings (SSSR count). The number of anilines is 1. The number of rotatable bonds is 2. The van der Waals surface area contributed by atoms with Crippen LogP contribution in [0.25, 0.3) is 0 Å². The molecule has 1 fully saturated rings. The molecule has 1 aromatic rings. The van der Waals surface area contributed by atoms with Crippen LogP contribution in [0.5, 0.6) is 0 Å². The van der Waals surface area contributed by atoms with Crippen molar-refractivity contribution in [3.63, 3.8) is 0 Å². The van der Waals surface area contributed by atoms with Gasteiger partial charge in [0.05, 0.1) is 0 Å². The Hall–Kier alpha value is -1.16. The molecule has 1 saturated heterocycles. The first-order valence-corrected chi connectivity index (χ1v) is 8.40. The van der Waals surface area contributed by atoms with Crippen molar-refractivity contribution < 1.29 is 0 Å². The molecule has 0 bridgehead atoms. The van der Waals surface area contributed by atoms with Crippen molar-refractivity contribution in [1.29, 1.82) is 0 Å². The Morgan fingerprint density at radius 2 is 1.68 bits per heavy atom. The second kappa shape index (κ2) is 6.15. The Labute approximate surface area is 135 Å². The van der Waals surface area contributed by atoms with E-state index in [0.29, 0.717) is 6.04 Å². The summed E-state index contributed by atoms with van der Waals surface area (Å²) >= 11 is 0. The molecule has 124 valence electrons. The zero-order valence-electron chi connectivity index (χ0n) is 15.3. The van der Waals surface area contributed by atoms with Gasteiger partial charge < -0.3 is 4.90 Å². The van der Waals surface area contributed by atoms with E-state index in [2.05, 4.69) is 63.4 Å². The van der Waals surface area contributed by atoms with Crippen LogP contribution in [0.15, 0.2) is 12.3 Å². The molecule has 0 radical (unpaired) electrons. The maximum Gasteiger partial charge on any atom is 0.135 e. The molecule has 0 amide bonds.